The molecule has 1 fully saturated rings. The predicted octanol–water partition coefficient (Wildman–Crippen LogP) is 4.90. The van der Waals surface area contributed by atoms with E-state index in [-0.39, 0.29) is 17.8 Å². The zero-order chi connectivity index (χ0) is 23.5. The van der Waals surface area contributed by atoms with E-state index in [1.54, 1.807) is 0 Å². The summed E-state index contributed by atoms with van der Waals surface area (Å²) in [5.41, 5.74) is 4.63. The summed E-state index contributed by atoms with van der Waals surface area (Å²) < 4.78 is 17.9. The van der Waals surface area contributed by atoms with Crippen LogP contribution >= 0.6 is 15.9 Å². The van der Waals surface area contributed by atoms with Crippen molar-refractivity contribution in [1.82, 2.24) is 9.88 Å². The highest BCUT2D eigenvalue weighted by Gasteiger charge is 2.38. The number of morpholine rings is 1. The van der Waals surface area contributed by atoms with E-state index in [9.17, 15) is 4.79 Å². The van der Waals surface area contributed by atoms with Gasteiger partial charge in [-0.2, -0.15) is 0 Å². The third-order valence-corrected chi connectivity index (χ3v) is 7.42. The van der Waals surface area contributed by atoms with Gasteiger partial charge in [0.25, 0.3) is 0 Å². The number of carbonyl (C=O) groups excluding carboxylic acids is 1. The van der Waals surface area contributed by atoms with Crippen molar-refractivity contribution in [3.8, 4) is 5.75 Å². The summed E-state index contributed by atoms with van der Waals surface area (Å²) in [6.45, 7) is 7.32. The Hall–Kier alpha value is -2.35. The number of ether oxygens (including phenoxy) is 3. The van der Waals surface area contributed by atoms with E-state index in [1.165, 1.54) is 10.9 Å². The Balaban J connectivity index is 1.39. The van der Waals surface area contributed by atoms with Gasteiger partial charge in [-0.05, 0) is 61.2 Å². The highest BCUT2D eigenvalue weighted by molar-refractivity contribution is 9.10. The molecular weight excluding hydrogens is 496 g/mol. The van der Waals surface area contributed by atoms with Crippen molar-refractivity contribution in [3.63, 3.8) is 0 Å². The topological polar surface area (TPSA) is 63.8 Å². The molecule has 2 aliphatic rings. The van der Waals surface area contributed by atoms with Gasteiger partial charge >= 0.3 is 5.97 Å². The minimum absolute atomic E-state index is 0.0728. The zero-order valence-corrected chi connectivity index (χ0v) is 21.1. The van der Waals surface area contributed by atoms with Crippen LogP contribution in [-0.4, -0.2) is 61.9 Å². The van der Waals surface area contributed by atoms with Gasteiger partial charge in [0, 0.05) is 46.6 Å². The lowest BCUT2D eigenvalue weighted by molar-refractivity contribution is -0.149. The van der Waals surface area contributed by atoms with Gasteiger partial charge in [0.15, 0.2) is 0 Å². The number of hydrogen-bond donors (Lipinski definition) is 1. The van der Waals surface area contributed by atoms with Crippen LogP contribution in [-0.2, 0) is 20.7 Å². The Bertz CT molecular complexity index is 1140. The van der Waals surface area contributed by atoms with Crippen LogP contribution in [0, 0.1) is 5.92 Å². The number of fused-ring (bicyclic) bond motifs is 3. The van der Waals surface area contributed by atoms with Crippen LogP contribution in [0.1, 0.15) is 36.1 Å². The molecule has 0 saturated carbocycles. The van der Waals surface area contributed by atoms with Crippen molar-refractivity contribution < 1.29 is 19.0 Å². The van der Waals surface area contributed by atoms with Gasteiger partial charge < -0.3 is 19.2 Å². The van der Waals surface area contributed by atoms with Crippen LogP contribution < -0.4 is 4.74 Å². The third-order valence-electron chi connectivity index (χ3n) is 6.93. The molecule has 1 aromatic heterocycles. The second-order valence-electron chi connectivity index (χ2n) is 8.95. The van der Waals surface area contributed by atoms with E-state index in [0.717, 1.165) is 72.7 Å². The number of aromatic amines is 1. The molecule has 0 spiro atoms. The number of esters is 1. The van der Waals surface area contributed by atoms with Gasteiger partial charge in [0.2, 0.25) is 0 Å². The van der Waals surface area contributed by atoms with Crippen molar-refractivity contribution in [2.24, 2.45) is 5.92 Å². The molecule has 34 heavy (non-hydrogen) atoms. The molecule has 1 aliphatic carbocycles. The summed E-state index contributed by atoms with van der Waals surface area (Å²) in [5.74, 6) is 0.443. The molecule has 1 aliphatic heterocycles. The molecule has 1 N–H and O–H groups in total. The number of rotatable bonds is 7. The van der Waals surface area contributed by atoms with Crippen LogP contribution in [0.15, 0.2) is 46.9 Å². The summed E-state index contributed by atoms with van der Waals surface area (Å²) in [5, 5.41) is 1.22. The second kappa shape index (κ2) is 10.5. The zero-order valence-electron chi connectivity index (χ0n) is 19.5. The molecule has 6 nitrogen and oxygen atoms in total. The Morgan fingerprint density at radius 2 is 1.97 bits per heavy atom. The number of hydrogen-bond acceptors (Lipinski definition) is 5. The van der Waals surface area contributed by atoms with Crippen LogP contribution in [0.2, 0.25) is 0 Å². The number of nitrogens with zero attached hydrogens (tertiary/aromatic N) is 1. The monoisotopic (exact) mass is 526 g/mol. The summed E-state index contributed by atoms with van der Waals surface area (Å²) in [6.07, 6.45) is 1.63. The highest BCUT2D eigenvalue weighted by atomic mass is 79.9. The fourth-order valence-electron chi connectivity index (χ4n) is 5.23. The molecule has 0 radical (unpaired) electrons. The lowest BCUT2D eigenvalue weighted by Crippen LogP contribution is -2.38. The number of halogens is 1. The van der Waals surface area contributed by atoms with Crippen molar-refractivity contribution >= 4 is 32.8 Å². The number of nitrogens with one attached hydrogen (secondary N) is 1. The van der Waals surface area contributed by atoms with Crippen molar-refractivity contribution in [2.75, 3.05) is 46.1 Å². The molecule has 2 unspecified atom stereocenters. The molecule has 7 heteroatoms. The Kier molecular flexibility index (Phi) is 7.23. The number of aromatic nitrogens is 1. The summed E-state index contributed by atoms with van der Waals surface area (Å²) in [7, 11) is 0. The van der Waals surface area contributed by atoms with E-state index in [2.05, 4.69) is 50.1 Å². The lowest BCUT2D eigenvalue weighted by Gasteiger charge is -2.31. The smallest absolute Gasteiger partial charge is 0.309 e. The molecule has 3 aromatic rings. The minimum atomic E-state index is -0.211. The van der Waals surface area contributed by atoms with E-state index in [0.29, 0.717) is 13.2 Å². The average molecular weight is 527 g/mol. The SMILES string of the molecule is CCOC(=O)C1CCc2c([nH]c3ccc(Br)cc23)C1c1ccc(OCCN2CCOCC2)cc1. The van der Waals surface area contributed by atoms with Gasteiger partial charge in [0.1, 0.15) is 12.4 Å². The van der Waals surface area contributed by atoms with Gasteiger partial charge in [-0.15, -0.1) is 0 Å². The first kappa shape index (κ1) is 23.4. The number of H-pyrrole nitrogens is 1. The van der Waals surface area contributed by atoms with E-state index in [4.69, 9.17) is 14.2 Å². The number of benzene rings is 2. The first-order valence-corrected chi connectivity index (χ1v) is 12.9. The molecule has 0 amide bonds. The third kappa shape index (κ3) is 4.88. The van der Waals surface area contributed by atoms with Crippen LogP contribution in [0.4, 0.5) is 0 Å². The van der Waals surface area contributed by atoms with Crippen LogP contribution in [0.5, 0.6) is 5.75 Å². The molecule has 2 aromatic carbocycles. The van der Waals surface area contributed by atoms with Gasteiger partial charge in [-0.25, -0.2) is 0 Å². The van der Waals surface area contributed by atoms with E-state index >= 15 is 0 Å². The van der Waals surface area contributed by atoms with Crippen molar-refractivity contribution in [2.45, 2.75) is 25.7 Å². The molecule has 180 valence electrons. The summed E-state index contributed by atoms with van der Waals surface area (Å²) in [6, 6.07) is 14.5. The fourth-order valence-corrected chi connectivity index (χ4v) is 5.60. The van der Waals surface area contributed by atoms with E-state index < -0.39 is 0 Å². The second-order valence-corrected chi connectivity index (χ2v) is 9.87. The normalized spacial score (nSPS) is 20.8. The van der Waals surface area contributed by atoms with Gasteiger partial charge in [-0.3, -0.25) is 9.69 Å². The van der Waals surface area contributed by atoms with Crippen LogP contribution in [0.3, 0.4) is 0 Å². The Morgan fingerprint density at radius 1 is 1.18 bits per heavy atom. The largest absolute Gasteiger partial charge is 0.492 e. The molecular formula is C27H31BrN2O4. The number of carbonyl (C=O) groups is 1. The Labute approximate surface area is 208 Å². The molecule has 5 rings (SSSR count). The van der Waals surface area contributed by atoms with Gasteiger partial charge in [0.05, 0.1) is 25.7 Å². The fraction of sp³-hybridized carbons (Fsp3) is 0.444. The molecule has 1 saturated heterocycles. The minimum Gasteiger partial charge on any atom is -0.492 e. The lowest BCUT2D eigenvalue weighted by atomic mass is 9.74. The van der Waals surface area contributed by atoms with Crippen molar-refractivity contribution in [1.29, 1.82) is 0 Å². The first-order chi connectivity index (χ1) is 16.6. The van der Waals surface area contributed by atoms with Crippen molar-refractivity contribution in [3.05, 3.63) is 63.8 Å². The molecule has 2 heterocycles. The maximum atomic E-state index is 12.9. The standard InChI is InChI=1S/C27H31BrN2O4/c1-2-33-27(31)22-9-8-21-23-17-19(28)5-10-24(23)29-26(21)25(22)18-3-6-20(7-4-18)34-16-13-30-11-14-32-15-12-30/h3-7,10,17,22,25,29H,2,8-9,11-16H2,1H3. The van der Waals surface area contributed by atoms with Gasteiger partial charge in [-0.1, -0.05) is 28.1 Å². The first-order valence-electron chi connectivity index (χ1n) is 12.1. The van der Waals surface area contributed by atoms with E-state index in [1.807, 2.05) is 25.1 Å². The van der Waals surface area contributed by atoms with Crippen LogP contribution in [0.25, 0.3) is 10.9 Å². The highest BCUT2D eigenvalue weighted by Crippen LogP contribution is 2.44. The Morgan fingerprint density at radius 3 is 2.74 bits per heavy atom. The average Bonchev–Trinajstić information content (AvgIpc) is 3.22. The maximum Gasteiger partial charge on any atom is 0.309 e. The summed E-state index contributed by atoms with van der Waals surface area (Å²) in [4.78, 5) is 18.9. The maximum absolute atomic E-state index is 12.9. The summed E-state index contributed by atoms with van der Waals surface area (Å²) >= 11 is 3.60. The quantitative estimate of drug-likeness (QED) is 0.443. The molecule has 0 bridgehead atoms. The number of aryl methyl sites for hydroxylation is 1. The molecule has 2 atom stereocenters. The predicted molar refractivity (Wildman–Crippen MR) is 135 cm³/mol.